The summed E-state index contributed by atoms with van der Waals surface area (Å²) >= 11 is 0. The van der Waals surface area contributed by atoms with Crippen molar-refractivity contribution in [3.05, 3.63) is 46.2 Å². The molecule has 0 aliphatic carbocycles. The number of anilines is 1. The second-order valence-electron chi connectivity index (χ2n) is 5.60. The van der Waals surface area contributed by atoms with Gasteiger partial charge in [0, 0.05) is 25.4 Å². The Morgan fingerprint density at radius 2 is 2.09 bits per heavy atom. The average Bonchev–Trinajstić information content (AvgIpc) is 2.54. The third kappa shape index (κ3) is 4.30. The van der Waals surface area contributed by atoms with Gasteiger partial charge in [-0.25, -0.2) is 0 Å². The first-order chi connectivity index (χ1) is 11.0. The minimum Gasteiger partial charge on any atom is -0.376 e. The maximum absolute atomic E-state index is 12.2. The Labute approximate surface area is 134 Å². The van der Waals surface area contributed by atoms with Crippen LogP contribution in [0.25, 0.3) is 0 Å². The van der Waals surface area contributed by atoms with E-state index >= 15 is 0 Å². The van der Waals surface area contributed by atoms with Crippen LogP contribution < -0.4 is 5.32 Å². The SMILES string of the molecule is CC1CCN(/C=C(/C#N)C(=O)Nc2ccccc2[N+](=O)[O-])CC1. The molecule has 0 spiro atoms. The van der Waals surface area contributed by atoms with Crippen LogP contribution in [0.15, 0.2) is 36.0 Å². The normalized spacial score (nSPS) is 15.8. The summed E-state index contributed by atoms with van der Waals surface area (Å²) in [5.74, 6) is 0.00593. The third-order valence-corrected chi connectivity index (χ3v) is 3.84. The van der Waals surface area contributed by atoms with E-state index in [9.17, 15) is 20.2 Å². The number of nitriles is 1. The molecule has 0 unspecified atom stereocenters. The lowest BCUT2D eigenvalue weighted by molar-refractivity contribution is -0.383. The van der Waals surface area contributed by atoms with E-state index in [2.05, 4.69) is 12.2 Å². The molecule has 1 aromatic rings. The van der Waals surface area contributed by atoms with Crippen molar-refractivity contribution < 1.29 is 9.72 Å². The standard InChI is InChI=1S/C16H18N4O3/c1-12-6-8-19(9-7-12)11-13(10-17)16(21)18-14-4-2-3-5-15(14)20(22)23/h2-5,11-12H,6-9H2,1H3,(H,18,21)/b13-11-. The number of rotatable bonds is 4. The molecule has 1 saturated heterocycles. The summed E-state index contributed by atoms with van der Waals surface area (Å²) in [6.07, 6.45) is 3.57. The summed E-state index contributed by atoms with van der Waals surface area (Å²) in [5.41, 5.74) is -0.182. The molecule has 1 N–H and O–H groups in total. The van der Waals surface area contributed by atoms with E-state index in [0.29, 0.717) is 5.92 Å². The van der Waals surface area contributed by atoms with E-state index < -0.39 is 10.8 Å². The number of nitrogens with zero attached hydrogens (tertiary/aromatic N) is 3. The van der Waals surface area contributed by atoms with Crippen molar-refractivity contribution in [1.82, 2.24) is 4.90 Å². The van der Waals surface area contributed by atoms with Gasteiger partial charge in [0.2, 0.25) is 0 Å². The lowest BCUT2D eigenvalue weighted by Gasteiger charge is -2.29. The third-order valence-electron chi connectivity index (χ3n) is 3.84. The number of carbonyl (C=O) groups is 1. The van der Waals surface area contributed by atoms with Crippen LogP contribution in [0.5, 0.6) is 0 Å². The quantitative estimate of drug-likeness (QED) is 0.398. The summed E-state index contributed by atoms with van der Waals surface area (Å²) in [6, 6.07) is 7.71. The van der Waals surface area contributed by atoms with E-state index in [0.717, 1.165) is 25.9 Å². The van der Waals surface area contributed by atoms with Gasteiger partial charge in [-0.15, -0.1) is 0 Å². The van der Waals surface area contributed by atoms with Gasteiger partial charge in [-0.05, 0) is 24.8 Å². The molecule has 1 aliphatic rings. The van der Waals surface area contributed by atoms with Gasteiger partial charge in [0.05, 0.1) is 4.92 Å². The van der Waals surface area contributed by atoms with Crippen LogP contribution in [-0.2, 0) is 4.79 Å². The molecule has 120 valence electrons. The molecule has 0 bridgehead atoms. The lowest BCUT2D eigenvalue weighted by atomic mass is 9.99. The van der Waals surface area contributed by atoms with E-state index in [4.69, 9.17) is 0 Å². The molecule has 0 saturated carbocycles. The number of nitro groups is 1. The van der Waals surface area contributed by atoms with Crippen molar-refractivity contribution in [2.24, 2.45) is 5.92 Å². The Hall–Kier alpha value is -2.88. The van der Waals surface area contributed by atoms with Crippen LogP contribution in [0, 0.1) is 27.4 Å². The molecule has 2 rings (SSSR count). The van der Waals surface area contributed by atoms with Crippen LogP contribution in [0.1, 0.15) is 19.8 Å². The highest BCUT2D eigenvalue weighted by Gasteiger charge is 2.19. The highest BCUT2D eigenvalue weighted by atomic mass is 16.6. The van der Waals surface area contributed by atoms with E-state index in [1.807, 2.05) is 11.0 Å². The molecule has 1 fully saturated rings. The number of amides is 1. The molecule has 1 aliphatic heterocycles. The fourth-order valence-electron chi connectivity index (χ4n) is 2.41. The Bertz CT molecular complexity index is 670. The number of piperidine rings is 1. The van der Waals surface area contributed by atoms with E-state index in [-0.39, 0.29) is 16.9 Å². The Morgan fingerprint density at radius 1 is 1.43 bits per heavy atom. The van der Waals surface area contributed by atoms with Crippen molar-refractivity contribution in [2.75, 3.05) is 18.4 Å². The number of nitro benzene ring substituents is 1. The average molecular weight is 314 g/mol. The minimum atomic E-state index is -0.638. The van der Waals surface area contributed by atoms with Crippen LogP contribution in [-0.4, -0.2) is 28.8 Å². The summed E-state index contributed by atoms with van der Waals surface area (Å²) < 4.78 is 0. The smallest absolute Gasteiger partial charge is 0.292 e. The fourth-order valence-corrected chi connectivity index (χ4v) is 2.41. The molecule has 1 amide bonds. The number of likely N-dealkylation sites (tertiary alicyclic amines) is 1. The molecular weight excluding hydrogens is 296 g/mol. The van der Waals surface area contributed by atoms with Gasteiger partial charge in [0.15, 0.2) is 0 Å². The number of carbonyl (C=O) groups excluding carboxylic acids is 1. The number of para-hydroxylation sites is 2. The second kappa shape index (κ2) is 7.40. The monoisotopic (exact) mass is 314 g/mol. The molecule has 7 heteroatoms. The zero-order valence-corrected chi connectivity index (χ0v) is 12.9. The van der Waals surface area contributed by atoms with Crippen molar-refractivity contribution in [2.45, 2.75) is 19.8 Å². The number of nitrogens with one attached hydrogen (secondary N) is 1. The molecular formula is C16H18N4O3. The van der Waals surface area contributed by atoms with Crippen molar-refractivity contribution in [3.8, 4) is 6.07 Å². The van der Waals surface area contributed by atoms with Gasteiger partial charge >= 0.3 is 0 Å². The Morgan fingerprint density at radius 3 is 2.70 bits per heavy atom. The molecule has 1 aromatic carbocycles. The van der Waals surface area contributed by atoms with Gasteiger partial charge in [-0.3, -0.25) is 14.9 Å². The fraction of sp³-hybridized carbons (Fsp3) is 0.375. The largest absolute Gasteiger partial charge is 0.376 e. The van der Waals surface area contributed by atoms with E-state index in [1.54, 1.807) is 6.07 Å². The van der Waals surface area contributed by atoms with Crippen molar-refractivity contribution >= 4 is 17.3 Å². The maximum Gasteiger partial charge on any atom is 0.292 e. The summed E-state index contributed by atoms with van der Waals surface area (Å²) in [4.78, 5) is 24.5. The zero-order chi connectivity index (χ0) is 16.8. The van der Waals surface area contributed by atoms with Crippen molar-refractivity contribution in [3.63, 3.8) is 0 Å². The van der Waals surface area contributed by atoms with Gasteiger partial charge in [-0.2, -0.15) is 5.26 Å². The Kier molecular flexibility index (Phi) is 5.31. The molecule has 0 radical (unpaired) electrons. The zero-order valence-electron chi connectivity index (χ0n) is 12.9. The predicted molar refractivity (Wildman–Crippen MR) is 85.4 cm³/mol. The number of hydrogen-bond donors (Lipinski definition) is 1. The van der Waals surface area contributed by atoms with Crippen LogP contribution >= 0.6 is 0 Å². The minimum absolute atomic E-state index is 0.0577. The molecule has 23 heavy (non-hydrogen) atoms. The van der Waals surface area contributed by atoms with Crippen LogP contribution in [0.3, 0.4) is 0 Å². The molecule has 1 heterocycles. The van der Waals surface area contributed by atoms with Gasteiger partial charge in [-0.1, -0.05) is 19.1 Å². The van der Waals surface area contributed by atoms with Crippen LogP contribution in [0.2, 0.25) is 0 Å². The first kappa shape index (κ1) is 16.5. The summed E-state index contributed by atoms with van der Waals surface area (Å²) in [7, 11) is 0. The highest BCUT2D eigenvalue weighted by molar-refractivity contribution is 6.07. The first-order valence-electron chi connectivity index (χ1n) is 7.42. The maximum atomic E-state index is 12.2. The molecule has 0 atom stereocenters. The van der Waals surface area contributed by atoms with Gasteiger partial charge in [0.25, 0.3) is 11.6 Å². The van der Waals surface area contributed by atoms with Gasteiger partial charge < -0.3 is 10.2 Å². The lowest BCUT2D eigenvalue weighted by Crippen LogP contribution is -2.29. The van der Waals surface area contributed by atoms with Gasteiger partial charge in [0.1, 0.15) is 17.3 Å². The first-order valence-corrected chi connectivity index (χ1v) is 7.42. The topological polar surface area (TPSA) is 99.3 Å². The Balaban J connectivity index is 2.12. The molecule has 7 nitrogen and oxygen atoms in total. The number of benzene rings is 1. The van der Waals surface area contributed by atoms with E-state index in [1.165, 1.54) is 24.4 Å². The van der Waals surface area contributed by atoms with Crippen LogP contribution in [0.4, 0.5) is 11.4 Å². The number of hydrogen-bond acceptors (Lipinski definition) is 5. The van der Waals surface area contributed by atoms with Crippen molar-refractivity contribution in [1.29, 1.82) is 5.26 Å². The summed E-state index contributed by atoms with van der Waals surface area (Å²) in [6.45, 7) is 3.77. The second-order valence-corrected chi connectivity index (χ2v) is 5.60. The molecule has 0 aromatic heterocycles. The highest BCUT2D eigenvalue weighted by Crippen LogP contribution is 2.24. The predicted octanol–water partition coefficient (Wildman–Crippen LogP) is 2.67. The summed E-state index contributed by atoms with van der Waals surface area (Å²) in [5, 5.41) is 22.6.